The van der Waals surface area contributed by atoms with Crippen molar-refractivity contribution in [2.45, 2.75) is 19.9 Å². The molecule has 1 aromatic heterocycles. The van der Waals surface area contributed by atoms with E-state index in [1.807, 2.05) is 55.9 Å². The minimum atomic E-state index is -0.821. The summed E-state index contributed by atoms with van der Waals surface area (Å²) in [6.07, 6.45) is 1.99. The molecule has 1 aromatic carbocycles. The highest BCUT2D eigenvalue weighted by Gasteiger charge is 2.20. The van der Waals surface area contributed by atoms with E-state index in [9.17, 15) is 4.79 Å². The number of hydrogen-bond donors (Lipinski definition) is 2. The number of anilines is 1. The van der Waals surface area contributed by atoms with Crippen molar-refractivity contribution in [1.82, 2.24) is 4.57 Å². The lowest BCUT2D eigenvalue weighted by molar-refractivity contribution is -0.138. The van der Waals surface area contributed by atoms with Gasteiger partial charge in [0.15, 0.2) is 0 Å². The number of carboxylic acids is 1. The van der Waals surface area contributed by atoms with Crippen LogP contribution < -0.4 is 5.32 Å². The van der Waals surface area contributed by atoms with Gasteiger partial charge in [0.25, 0.3) is 0 Å². The van der Waals surface area contributed by atoms with Crippen molar-refractivity contribution < 1.29 is 9.90 Å². The zero-order valence-electron chi connectivity index (χ0n) is 10.8. The summed E-state index contributed by atoms with van der Waals surface area (Å²) in [5.41, 5.74) is 1.98. The molecule has 1 unspecified atom stereocenters. The number of hydrogen-bond acceptors (Lipinski definition) is 2. The maximum atomic E-state index is 11.1. The van der Waals surface area contributed by atoms with Gasteiger partial charge in [-0.3, -0.25) is 0 Å². The molecule has 1 atom stereocenters. The van der Waals surface area contributed by atoms with Gasteiger partial charge in [-0.25, -0.2) is 4.79 Å². The molecule has 4 nitrogen and oxygen atoms in total. The van der Waals surface area contributed by atoms with Gasteiger partial charge in [0, 0.05) is 29.8 Å². The molecule has 0 aliphatic rings. The summed E-state index contributed by atoms with van der Waals surface area (Å²) >= 11 is 0. The first-order valence-electron chi connectivity index (χ1n) is 6.03. The number of fused-ring (bicyclic) bond motifs is 1. The summed E-state index contributed by atoms with van der Waals surface area (Å²) in [6.45, 7) is 3.79. The van der Waals surface area contributed by atoms with E-state index >= 15 is 0 Å². The average molecular weight is 246 g/mol. The molecule has 18 heavy (non-hydrogen) atoms. The topological polar surface area (TPSA) is 54.3 Å². The predicted molar refractivity (Wildman–Crippen MR) is 72.8 cm³/mol. The van der Waals surface area contributed by atoms with Crippen LogP contribution in [0.15, 0.2) is 30.5 Å². The van der Waals surface area contributed by atoms with Crippen LogP contribution in [0.3, 0.4) is 0 Å². The maximum absolute atomic E-state index is 11.1. The lowest BCUT2D eigenvalue weighted by atomic mass is 10.0. The lowest BCUT2D eigenvalue weighted by Gasteiger charge is -2.19. The Balaban J connectivity index is 2.28. The van der Waals surface area contributed by atoms with Crippen molar-refractivity contribution in [3.8, 4) is 0 Å². The van der Waals surface area contributed by atoms with Crippen LogP contribution in [0.5, 0.6) is 0 Å². The number of nitrogens with one attached hydrogen (secondary N) is 1. The van der Waals surface area contributed by atoms with Crippen LogP contribution in [0.1, 0.15) is 13.8 Å². The quantitative estimate of drug-likeness (QED) is 0.872. The molecule has 2 N–H and O–H groups in total. The highest BCUT2D eigenvalue weighted by atomic mass is 16.4. The molecule has 96 valence electrons. The summed E-state index contributed by atoms with van der Waals surface area (Å²) in [5, 5.41) is 13.3. The van der Waals surface area contributed by atoms with Crippen LogP contribution in [0.4, 0.5) is 5.69 Å². The number of rotatable bonds is 4. The van der Waals surface area contributed by atoms with Crippen LogP contribution in [-0.2, 0) is 11.8 Å². The van der Waals surface area contributed by atoms with Crippen LogP contribution in [0.2, 0.25) is 0 Å². The van der Waals surface area contributed by atoms with E-state index in [4.69, 9.17) is 5.11 Å². The molecular formula is C14H18N2O2. The lowest BCUT2D eigenvalue weighted by Crippen LogP contribution is -2.34. The fraction of sp³-hybridized carbons (Fsp3) is 0.357. The number of benzene rings is 1. The summed E-state index contributed by atoms with van der Waals surface area (Å²) < 4.78 is 2.04. The second-order valence-electron chi connectivity index (χ2n) is 4.90. The standard InChI is InChI=1S/C14H18N2O2/c1-9(2)13(14(17)18)15-11-4-5-12-10(8-11)6-7-16(12)3/h4-9,13,15H,1-3H3,(H,17,18). The Morgan fingerprint density at radius 2 is 2.06 bits per heavy atom. The van der Waals surface area contributed by atoms with Crippen molar-refractivity contribution in [2.75, 3.05) is 5.32 Å². The van der Waals surface area contributed by atoms with E-state index in [-0.39, 0.29) is 5.92 Å². The van der Waals surface area contributed by atoms with E-state index in [0.717, 1.165) is 16.6 Å². The molecule has 0 spiro atoms. The first kappa shape index (κ1) is 12.5. The molecule has 0 saturated carbocycles. The first-order chi connectivity index (χ1) is 8.49. The third-order valence-electron chi connectivity index (χ3n) is 3.14. The minimum Gasteiger partial charge on any atom is -0.480 e. The second-order valence-corrected chi connectivity index (χ2v) is 4.90. The zero-order chi connectivity index (χ0) is 13.3. The Morgan fingerprint density at radius 1 is 1.33 bits per heavy atom. The smallest absolute Gasteiger partial charge is 0.326 e. The minimum absolute atomic E-state index is 0.0361. The van der Waals surface area contributed by atoms with Gasteiger partial charge in [-0.1, -0.05) is 13.8 Å². The molecule has 2 aromatic rings. The van der Waals surface area contributed by atoms with Gasteiger partial charge in [-0.05, 0) is 30.2 Å². The fourth-order valence-corrected chi connectivity index (χ4v) is 2.06. The van der Waals surface area contributed by atoms with Gasteiger partial charge in [0.2, 0.25) is 0 Å². The Kier molecular flexibility index (Phi) is 3.28. The molecule has 0 aliphatic heterocycles. The van der Waals surface area contributed by atoms with Gasteiger partial charge in [-0.15, -0.1) is 0 Å². The summed E-state index contributed by atoms with van der Waals surface area (Å²) in [5.74, 6) is -0.785. The van der Waals surface area contributed by atoms with E-state index in [0.29, 0.717) is 0 Å². The molecule has 0 saturated heterocycles. The Morgan fingerprint density at radius 3 is 2.67 bits per heavy atom. The number of aromatic nitrogens is 1. The van der Waals surface area contributed by atoms with Crippen molar-refractivity contribution >= 4 is 22.6 Å². The summed E-state index contributed by atoms with van der Waals surface area (Å²) in [6, 6.07) is 7.35. The van der Waals surface area contributed by atoms with Gasteiger partial charge in [-0.2, -0.15) is 0 Å². The van der Waals surface area contributed by atoms with Crippen LogP contribution >= 0.6 is 0 Å². The monoisotopic (exact) mass is 246 g/mol. The van der Waals surface area contributed by atoms with Crippen molar-refractivity contribution in [3.05, 3.63) is 30.5 Å². The molecule has 0 radical (unpaired) electrons. The van der Waals surface area contributed by atoms with Gasteiger partial charge >= 0.3 is 5.97 Å². The molecule has 1 heterocycles. The van der Waals surface area contributed by atoms with E-state index in [1.54, 1.807) is 0 Å². The average Bonchev–Trinajstić information content (AvgIpc) is 2.67. The largest absolute Gasteiger partial charge is 0.480 e. The van der Waals surface area contributed by atoms with Crippen molar-refractivity contribution in [3.63, 3.8) is 0 Å². The highest BCUT2D eigenvalue weighted by Crippen LogP contribution is 2.21. The Hall–Kier alpha value is -1.97. The Bertz CT molecular complexity index is 572. The molecule has 0 fully saturated rings. The molecule has 4 heteroatoms. The number of carboxylic acid groups (broad SMARTS) is 1. The fourth-order valence-electron chi connectivity index (χ4n) is 2.06. The SMILES string of the molecule is CC(C)C(Nc1ccc2c(ccn2C)c1)C(=O)O. The molecule has 2 rings (SSSR count). The van der Waals surface area contributed by atoms with Crippen molar-refractivity contribution in [2.24, 2.45) is 13.0 Å². The third-order valence-corrected chi connectivity index (χ3v) is 3.14. The van der Waals surface area contributed by atoms with E-state index in [1.165, 1.54) is 0 Å². The molecular weight excluding hydrogens is 228 g/mol. The maximum Gasteiger partial charge on any atom is 0.326 e. The normalized spacial score (nSPS) is 12.9. The highest BCUT2D eigenvalue weighted by molar-refractivity contribution is 5.85. The van der Waals surface area contributed by atoms with Gasteiger partial charge in [0.05, 0.1) is 0 Å². The Labute approximate surface area is 106 Å². The van der Waals surface area contributed by atoms with Crippen molar-refractivity contribution in [1.29, 1.82) is 0 Å². The van der Waals surface area contributed by atoms with E-state index < -0.39 is 12.0 Å². The van der Waals surface area contributed by atoms with Crippen LogP contribution in [-0.4, -0.2) is 21.7 Å². The van der Waals surface area contributed by atoms with Crippen LogP contribution in [0.25, 0.3) is 10.9 Å². The number of carbonyl (C=O) groups is 1. The van der Waals surface area contributed by atoms with Gasteiger partial charge < -0.3 is 15.0 Å². The molecule has 0 aliphatic carbocycles. The third kappa shape index (κ3) is 2.32. The summed E-state index contributed by atoms with van der Waals surface area (Å²) in [4.78, 5) is 11.1. The molecule has 0 amide bonds. The number of aliphatic carboxylic acids is 1. The van der Waals surface area contributed by atoms with Gasteiger partial charge in [0.1, 0.15) is 6.04 Å². The van der Waals surface area contributed by atoms with E-state index in [2.05, 4.69) is 5.32 Å². The number of nitrogens with zero attached hydrogens (tertiary/aromatic N) is 1. The first-order valence-corrected chi connectivity index (χ1v) is 6.03. The zero-order valence-corrected chi connectivity index (χ0v) is 10.8. The summed E-state index contributed by atoms with van der Waals surface area (Å²) in [7, 11) is 1.99. The molecule has 0 bridgehead atoms. The number of aryl methyl sites for hydroxylation is 1. The van der Waals surface area contributed by atoms with Crippen LogP contribution in [0, 0.1) is 5.92 Å². The second kappa shape index (κ2) is 4.72. The predicted octanol–water partition coefficient (Wildman–Crippen LogP) is 2.70.